The van der Waals surface area contributed by atoms with E-state index in [1.165, 1.54) is 12.1 Å². The number of nitrogens with zero attached hydrogens (tertiary/aromatic N) is 1. The topological polar surface area (TPSA) is 57.6 Å². The maximum atomic E-state index is 12.7. The molecule has 0 aliphatic carbocycles. The van der Waals surface area contributed by atoms with Gasteiger partial charge in [-0.05, 0) is 36.5 Å². The molecule has 0 radical (unpaired) electrons. The second-order valence-electron chi connectivity index (χ2n) is 6.56. The number of hydrogen-bond donors (Lipinski definition) is 1. The highest BCUT2D eigenvalue weighted by Crippen LogP contribution is 2.34. The minimum atomic E-state index is -1.03. The van der Waals surface area contributed by atoms with Crippen LogP contribution in [0.15, 0.2) is 22.7 Å². The standard InChI is InChI=1S/C16H20BrNO3/c1-16(2,3)13-5-4-6-18(13)14(19)10-7-11(15(20)21)9-12(17)8-10/h7-9,13H,4-6H2,1-3H3,(H,20,21). The molecule has 5 heteroatoms. The number of likely N-dealkylation sites (tertiary alicyclic amines) is 1. The number of aromatic carboxylic acids is 1. The van der Waals surface area contributed by atoms with Crippen molar-refractivity contribution in [3.63, 3.8) is 0 Å². The molecule has 114 valence electrons. The Morgan fingerprint density at radius 1 is 1.24 bits per heavy atom. The summed E-state index contributed by atoms with van der Waals surface area (Å²) in [6.07, 6.45) is 1.99. The van der Waals surface area contributed by atoms with Gasteiger partial charge in [0.25, 0.3) is 5.91 Å². The Hall–Kier alpha value is -1.36. The van der Waals surface area contributed by atoms with Crippen molar-refractivity contribution >= 4 is 27.8 Å². The molecule has 21 heavy (non-hydrogen) atoms. The van der Waals surface area contributed by atoms with Crippen LogP contribution >= 0.6 is 15.9 Å². The fourth-order valence-corrected chi connectivity index (χ4v) is 3.41. The van der Waals surface area contributed by atoms with Crippen LogP contribution in [0, 0.1) is 5.41 Å². The number of benzene rings is 1. The van der Waals surface area contributed by atoms with Crippen molar-refractivity contribution in [2.24, 2.45) is 5.41 Å². The van der Waals surface area contributed by atoms with E-state index in [1.807, 2.05) is 4.90 Å². The number of carbonyl (C=O) groups is 2. The zero-order valence-corrected chi connectivity index (χ0v) is 14.1. The maximum Gasteiger partial charge on any atom is 0.335 e. The normalized spacial score (nSPS) is 18.9. The number of amides is 1. The molecular weight excluding hydrogens is 334 g/mol. The lowest BCUT2D eigenvalue weighted by Crippen LogP contribution is -2.43. The van der Waals surface area contributed by atoms with Gasteiger partial charge in [-0.1, -0.05) is 36.7 Å². The van der Waals surface area contributed by atoms with Gasteiger partial charge in [-0.15, -0.1) is 0 Å². The van der Waals surface area contributed by atoms with Crippen molar-refractivity contribution in [1.29, 1.82) is 0 Å². The van der Waals surface area contributed by atoms with E-state index in [2.05, 4.69) is 36.7 Å². The maximum absolute atomic E-state index is 12.7. The second kappa shape index (κ2) is 5.79. The van der Waals surface area contributed by atoms with Crippen molar-refractivity contribution in [2.45, 2.75) is 39.7 Å². The predicted molar refractivity (Wildman–Crippen MR) is 84.6 cm³/mol. The summed E-state index contributed by atoms with van der Waals surface area (Å²) < 4.78 is 0.609. The molecule has 1 atom stereocenters. The molecule has 1 unspecified atom stereocenters. The fourth-order valence-electron chi connectivity index (χ4n) is 2.91. The van der Waals surface area contributed by atoms with E-state index in [1.54, 1.807) is 6.07 Å². The number of hydrogen-bond acceptors (Lipinski definition) is 2. The molecule has 4 nitrogen and oxygen atoms in total. The van der Waals surface area contributed by atoms with Crippen molar-refractivity contribution in [3.8, 4) is 0 Å². The lowest BCUT2D eigenvalue weighted by molar-refractivity contribution is 0.0626. The fraction of sp³-hybridized carbons (Fsp3) is 0.500. The Morgan fingerprint density at radius 3 is 2.43 bits per heavy atom. The summed E-state index contributed by atoms with van der Waals surface area (Å²) in [5, 5.41) is 9.12. The molecule has 0 saturated carbocycles. The molecular formula is C16H20BrNO3. The minimum Gasteiger partial charge on any atom is -0.478 e. The molecule has 2 rings (SSSR count). The van der Waals surface area contributed by atoms with Gasteiger partial charge in [0.2, 0.25) is 0 Å². The Morgan fingerprint density at radius 2 is 1.86 bits per heavy atom. The van der Waals surface area contributed by atoms with Gasteiger partial charge in [0, 0.05) is 22.6 Å². The van der Waals surface area contributed by atoms with Crippen molar-refractivity contribution in [1.82, 2.24) is 4.90 Å². The van der Waals surface area contributed by atoms with E-state index in [0.29, 0.717) is 10.0 Å². The highest BCUT2D eigenvalue weighted by atomic mass is 79.9. The van der Waals surface area contributed by atoms with Crippen LogP contribution in [0.4, 0.5) is 0 Å². The van der Waals surface area contributed by atoms with Crippen LogP contribution in [0.5, 0.6) is 0 Å². The number of carbonyl (C=O) groups excluding carboxylic acids is 1. The lowest BCUT2D eigenvalue weighted by atomic mass is 9.85. The summed E-state index contributed by atoms with van der Waals surface area (Å²) in [7, 11) is 0. The molecule has 1 amide bonds. The van der Waals surface area contributed by atoms with Crippen LogP contribution in [-0.2, 0) is 0 Å². The molecule has 1 aliphatic heterocycles. The van der Waals surface area contributed by atoms with Crippen LogP contribution in [0.1, 0.15) is 54.3 Å². The Labute approximate surface area is 133 Å². The highest BCUT2D eigenvalue weighted by molar-refractivity contribution is 9.10. The van der Waals surface area contributed by atoms with E-state index in [4.69, 9.17) is 5.11 Å². The molecule has 1 saturated heterocycles. The third kappa shape index (κ3) is 3.46. The molecule has 1 aliphatic rings. The number of carboxylic acids is 1. The SMILES string of the molecule is CC(C)(C)C1CCCN1C(=O)c1cc(Br)cc(C(=O)O)c1. The first-order valence-corrected chi connectivity index (χ1v) is 7.84. The molecule has 1 aromatic carbocycles. The van der Waals surface area contributed by atoms with Crippen molar-refractivity contribution in [3.05, 3.63) is 33.8 Å². The average molecular weight is 354 g/mol. The quantitative estimate of drug-likeness (QED) is 0.879. The summed E-state index contributed by atoms with van der Waals surface area (Å²) in [6, 6.07) is 4.84. The van der Waals surface area contributed by atoms with E-state index in [-0.39, 0.29) is 22.9 Å². The smallest absolute Gasteiger partial charge is 0.335 e. The van der Waals surface area contributed by atoms with Gasteiger partial charge in [-0.3, -0.25) is 4.79 Å². The molecule has 0 bridgehead atoms. The highest BCUT2D eigenvalue weighted by Gasteiger charge is 2.37. The predicted octanol–water partition coefficient (Wildman–Crippen LogP) is 3.80. The van der Waals surface area contributed by atoms with Crippen molar-refractivity contribution in [2.75, 3.05) is 6.54 Å². The summed E-state index contributed by atoms with van der Waals surface area (Å²) in [5.74, 6) is -1.12. The number of carboxylic acid groups (broad SMARTS) is 1. The molecule has 0 aromatic heterocycles. The summed E-state index contributed by atoms with van der Waals surface area (Å²) >= 11 is 3.28. The van der Waals surface area contributed by atoms with Gasteiger partial charge in [0.05, 0.1) is 5.56 Å². The molecule has 0 spiro atoms. The number of rotatable bonds is 2. The van der Waals surface area contributed by atoms with E-state index in [0.717, 1.165) is 19.4 Å². The van der Waals surface area contributed by atoms with Gasteiger partial charge in [0.1, 0.15) is 0 Å². The van der Waals surface area contributed by atoms with Crippen LogP contribution in [0.3, 0.4) is 0 Å². The first kappa shape index (κ1) is 16.0. The summed E-state index contributed by atoms with van der Waals surface area (Å²) in [5.41, 5.74) is 0.575. The lowest BCUT2D eigenvalue weighted by Gasteiger charge is -2.35. The van der Waals surface area contributed by atoms with E-state index >= 15 is 0 Å². The van der Waals surface area contributed by atoms with Crippen LogP contribution in [0.25, 0.3) is 0 Å². The third-order valence-electron chi connectivity index (χ3n) is 3.91. The second-order valence-corrected chi connectivity index (χ2v) is 7.47. The molecule has 1 aromatic rings. The first-order valence-electron chi connectivity index (χ1n) is 7.05. The van der Waals surface area contributed by atoms with Gasteiger partial charge in [0.15, 0.2) is 0 Å². The van der Waals surface area contributed by atoms with Gasteiger partial charge in [-0.2, -0.15) is 0 Å². The van der Waals surface area contributed by atoms with Crippen LogP contribution in [0.2, 0.25) is 0 Å². The van der Waals surface area contributed by atoms with E-state index in [9.17, 15) is 9.59 Å². The third-order valence-corrected chi connectivity index (χ3v) is 4.36. The monoisotopic (exact) mass is 353 g/mol. The Balaban J connectivity index is 2.34. The zero-order chi connectivity index (χ0) is 15.8. The Kier molecular flexibility index (Phi) is 4.42. The van der Waals surface area contributed by atoms with Crippen LogP contribution in [-0.4, -0.2) is 34.5 Å². The first-order chi connectivity index (χ1) is 9.70. The van der Waals surface area contributed by atoms with Gasteiger partial charge in [-0.25, -0.2) is 4.79 Å². The van der Waals surface area contributed by atoms with Crippen LogP contribution < -0.4 is 0 Å². The van der Waals surface area contributed by atoms with Crippen molar-refractivity contribution < 1.29 is 14.7 Å². The molecule has 1 heterocycles. The minimum absolute atomic E-state index is 0.0216. The van der Waals surface area contributed by atoms with Gasteiger partial charge >= 0.3 is 5.97 Å². The Bertz CT molecular complexity index is 577. The summed E-state index contributed by atoms with van der Waals surface area (Å²) in [4.78, 5) is 25.8. The largest absolute Gasteiger partial charge is 0.478 e. The van der Waals surface area contributed by atoms with Gasteiger partial charge < -0.3 is 10.0 Å². The average Bonchev–Trinajstić information content (AvgIpc) is 2.86. The molecule has 1 fully saturated rings. The zero-order valence-electron chi connectivity index (χ0n) is 12.5. The summed E-state index contributed by atoms with van der Waals surface area (Å²) in [6.45, 7) is 7.13. The number of halogens is 1. The molecule has 1 N–H and O–H groups in total. The van der Waals surface area contributed by atoms with E-state index < -0.39 is 5.97 Å².